The number of nitrogens with zero attached hydrogens (tertiary/aromatic N) is 1. The fourth-order valence-electron chi connectivity index (χ4n) is 3.65. The maximum Gasteiger partial charge on any atom is 0.303 e. The fourth-order valence-corrected chi connectivity index (χ4v) is 3.65. The molecule has 0 saturated carbocycles. The van der Waals surface area contributed by atoms with Crippen LogP contribution < -0.4 is 0 Å². The lowest BCUT2D eigenvalue weighted by Crippen LogP contribution is -2.15. The van der Waals surface area contributed by atoms with Gasteiger partial charge in [0.25, 0.3) is 0 Å². The Kier molecular flexibility index (Phi) is 29.9. The molecule has 5 heteroatoms. The fraction of sp³-hybridized carbons (Fsp3) is 0.966. The molecule has 0 amide bonds. The molecule has 0 spiro atoms. The lowest BCUT2D eigenvalue weighted by Gasteiger charge is -2.04. The van der Waals surface area contributed by atoms with E-state index in [1.807, 2.05) is 19.0 Å². The maximum absolute atomic E-state index is 10.2. The van der Waals surface area contributed by atoms with Gasteiger partial charge in [-0.25, -0.2) is 0 Å². The Hall–Kier alpha value is -0.650. The number of hydrogen-bond acceptors (Lipinski definition) is 4. The zero-order chi connectivity index (χ0) is 25.9. The molecule has 0 radical (unpaired) electrons. The standard InChI is InChI=1S/C13H26O2.C12H24O.C4H11NO/c1-12(2)10-8-6-4-3-5-7-9-11-13(14)15;1-2-3-4-5-6-7-8-9-10-12-11-13-12;1-5(2)3-4-6/h12H,3-11H2,1-2H3,(H,14,15);12H,2-11H2,1H3;6H,3-4H2,1-2H3. The van der Waals surface area contributed by atoms with E-state index in [0.29, 0.717) is 12.5 Å². The molecule has 206 valence electrons. The molecule has 0 aliphatic carbocycles. The topological polar surface area (TPSA) is 73.3 Å². The highest BCUT2D eigenvalue weighted by atomic mass is 16.6. The van der Waals surface area contributed by atoms with Crippen LogP contribution in [0.5, 0.6) is 0 Å². The Labute approximate surface area is 213 Å². The van der Waals surface area contributed by atoms with Crippen LogP contribution in [0.3, 0.4) is 0 Å². The van der Waals surface area contributed by atoms with Gasteiger partial charge in [0.15, 0.2) is 0 Å². The van der Waals surface area contributed by atoms with Crippen molar-refractivity contribution in [3.05, 3.63) is 0 Å². The minimum atomic E-state index is -0.660. The molecule has 1 aliphatic rings. The number of epoxide rings is 1. The first-order chi connectivity index (χ1) is 16.3. The van der Waals surface area contributed by atoms with Crippen molar-refractivity contribution < 1.29 is 19.7 Å². The van der Waals surface area contributed by atoms with Crippen LogP contribution in [-0.2, 0) is 9.53 Å². The number of aliphatic carboxylic acids is 1. The number of aliphatic hydroxyl groups excluding tert-OH is 1. The molecule has 1 rings (SSSR count). The first kappa shape index (κ1) is 35.5. The highest BCUT2D eigenvalue weighted by molar-refractivity contribution is 5.66. The maximum atomic E-state index is 10.2. The van der Waals surface area contributed by atoms with Crippen molar-refractivity contribution in [1.82, 2.24) is 4.90 Å². The van der Waals surface area contributed by atoms with Gasteiger partial charge in [0.2, 0.25) is 0 Å². The summed E-state index contributed by atoms with van der Waals surface area (Å²) in [5.41, 5.74) is 0. The Morgan fingerprint density at radius 3 is 1.71 bits per heavy atom. The summed E-state index contributed by atoms with van der Waals surface area (Å²) in [6, 6.07) is 0. The number of rotatable bonds is 21. The molecule has 1 unspecified atom stereocenters. The molecule has 1 saturated heterocycles. The van der Waals surface area contributed by atoms with Crippen LogP contribution in [0.4, 0.5) is 0 Å². The molecule has 0 aromatic rings. The number of unbranched alkanes of at least 4 members (excludes halogenated alkanes) is 13. The van der Waals surface area contributed by atoms with Crippen molar-refractivity contribution in [3.63, 3.8) is 0 Å². The second-order valence-corrected chi connectivity index (χ2v) is 10.5. The second kappa shape index (κ2) is 28.6. The van der Waals surface area contributed by atoms with Gasteiger partial charge < -0.3 is 19.8 Å². The first-order valence-corrected chi connectivity index (χ1v) is 14.4. The summed E-state index contributed by atoms with van der Waals surface area (Å²) >= 11 is 0. The van der Waals surface area contributed by atoms with Crippen LogP contribution >= 0.6 is 0 Å². The van der Waals surface area contributed by atoms with E-state index in [1.54, 1.807) is 0 Å². The second-order valence-electron chi connectivity index (χ2n) is 10.5. The van der Waals surface area contributed by atoms with Gasteiger partial charge in [-0.3, -0.25) is 4.79 Å². The highest BCUT2D eigenvalue weighted by Crippen LogP contribution is 2.18. The third kappa shape index (κ3) is 38.6. The summed E-state index contributed by atoms with van der Waals surface area (Å²) in [5, 5.41) is 16.6. The van der Waals surface area contributed by atoms with Gasteiger partial charge in [-0.05, 0) is 32.9 Å². The Bertz CT molecular complexity index is 398. The van der Waals surface area contributed by atoms with Crippen molar-refractivity contribution in [2.45, 2.75) is 142 Å². The largest absolute Gasteiger partial charge is 0.481 e. The van der Waals surface area contributed by atoms with Crippen molar-refractivity contribution in [3.8, 4) is 0 Å². The molecule has 1 heterocycles. The molecule has 2 N–H and O–H groups in total. The molecule has 1 fully saturated rings. The number of likely N-dealkylation sites (N-methyl/N-ethyl adjacent to an activating group) is 1. The lowest BCUT2D eigenvalue weighted by molar-refractivity contribution is -0.137. The third-order valence-electron chi connectivity index (χ3n) is 6.00. The monoisotopic (exact) mass is 487 g/mol. The van der Waals surface area contributed by atoms with Gasteiger partial charge in [-0.1, -0.05) is 117 Å². The van der Waals surface area contributed by atoms with Gasteiger partial charge in [0, 0.05) is 13.0 Å². The first-order valence-electron chi connectivity index (χ1n) is 14.4. The van der Waals surface area contributed by atoms with E-state index in [1.165, 1.54) is 96.3 Å². The minimum absolute atomic E-state index is 0.257. The van der Waals surface area contributed by atoms with E-state index in [-0.39, 0.29) is 6.61 Å². The quantitative estimate of drug-likeness (QED) is 0.128. The van der Waals surface area contributed by atoms with E-state index in [4.69, 9.17) is 14.9 Å². The average Bonchev–Trinajstić information content (AvgIpc) is 3.59. The van der Waals surface area contributed by atoms with Crippen molar-refractivity contribution in [2.75, 3.05) is 33.9 Å². The molecule has 1 aliphatic heterocycles. The predicted molar refractivity (Wildman–Crippen MR) is 147 cm³/mol. The number of ether oxygens (including phenoxy) is 1. The van der Waals surface area contributed by atoms with Crippen LogP contribution in [0.2, 0.25) is 0 Å². The van der Waals surface area contributed by atoms with Gasteiger partial charge in [-0.2, -0.15) is 0 Å². The van der Waals surface area contributed by atoms with Crippen LogP contribution in [0.15, 0.2) is 0 Å². The molecule has 5 nitrogen and oxygen atoms in total. The predicted octanol–water partition coefficient (Wildman–Crippen LogP) is 7.69. The molecular weight excluding hydrogens is 426 g/mol. The van der Waals surface area contributed by atoms with Gasteiger partial charge in [0.1, 0.15) is 0 Å². The number of hydrogen-bond donors (Lipinski definition) is 2. The zero-order valence-electron chi connectivity index (χ0n) is 23.7. The van der Waals surface area contributed by atoms with Crippen LogP contribution in [0.1, 0.15) is 136 Å². The van der Waals surface area contributed by atoms with Crippen molar-refractivity contribution in [2.24, 2.45) is 5.92 Å². The smallest absolute Gasteiger partial charge is 0.303 e. The number of carboxylic acids is 1. The highest BCUT2D eigenvalue weighted by Gasteiger charge is 2.20. The number of carbonyl (C=O) groups is 1. The summed E-state index contributed by atoms with van der Waals surface area (Å²) in [5.74, 6) is 0.174. The molecule has 34 heavy (non-hydrogen) atoms. The number of aliphatic hydroxyl groups is 1. The molecule has 0 aromatic heterocycles. The van der Waals surface area contributed by atoms with E-state index in [2.05, 4.69) is 20.8 Å². The summed E-state index contributed by atoms with van der Waals surface area (Å²) in [6.07, 6.45) is 23.5. The van der Waals surface area contributed by atoms with Gasteiger partial charge >= 0.3 is 5.97 Å². The third-order valence-corrected chi connectivity index (χ3v) is 6.00. The average molecular weight is 488 g/mol. The van der Waals surface area contributed by atoms with E-state index < -0.39 is 5.97 Å². The Balaban J connectivity index is 0. The zero-order valence-corrected chi connectivity index (χ0v) is 23.7. The van der Waals surface area contributed by atoms with Crippen molar-refractivity contribution in [1.29, 1.82) is 0 Å². The summed E-state index contributed by atoms with van der Waals surface area (Å²) < 4.78 is 5.17. The Morgan fingerprint density at radius 1 is 0.853 bits per heavy atom. The normalized spacial score (nSPS) is 14.4. The van der Waals surface area contributed by atoms with Gasteiger partial charge in [-0.15, -0.1) is 0 Å². The molecule has 0 bridgehead atoms. The van der Waals surface area contributed by atoms with Crippen LogP contribution in [-0.4, -0.2) is 61.0 Å². The molecule has 0 aromatic carbocycles. The lowest BCUT2D eigenvalue weighted by atomic mass is 10.0. The summed E-state index contributed by atoms with van der Waals surface area (Å²) in [4.78, 5) is 12.2. The van der Waals surface area contributed by atoms with E-state index in [0.717, 1.165) is 31.9 Å². The van der Waals surface area contributed by atoms with E-state index in [9.17, 15) is 4.79 Å². The molecule has 1 atom stereocenters. The van der Waals surface area contributed by atoms with Crippen LogP contribution in [0, 0.1) is 5.92 Å². The van der Waals surface area contributed by atoms with Crippen molar-refractivity contribution >= 4 is 5.97 Å². The summed E-state index contributed by atoms with van der Waals surface area (Å²) in [6.45, 7) is 8.87. The minimum Gasteiger partial charge on any atom is -0.481 e. The Morgan fingerprint density at radius 2 is 1.32 bits per heavy atom. The van der Waals surface area contributed by atoms with Gasteiger partial charge in [0.05, 0.1) is 19.3 Å². The SMILES string of the molecule is CC(C)CCCCCCCCCC(=O)O.CCCCCCCCCCC1CO1.CN(C)CCO. The van der Waals surface area contributed by atoms with E-state index >= 15 is 0 Å². The van der Waals surface area contributed by atoms with Crippen LogP contribution in [0.25, 0.3) is 0 Å². The molecular formula is C29H61NO4. The number of carboxylic acid groups (broad SMARTS) is 1. The summed E-state index contributed by atoms with van der Waals surface area (Å²) in [7, 11) is 3.85.